The zero-order valence-corrected chi connectivity index (χ0v) is 11.5. The molecule has 0 aliphatic heterocycles. The van der Waals surface area contributed by atoms with E-state index in [2.05, 4.69) is 14.9 Å². The summed E-state index contributed by atoms with van der Waals surface area (Å²) >= 11 is 6.04. The van der Waals surface area contributed by atoms with Crippen LogP contribution in [0.3, 0.4) is 0 Å². The standard InChI is InChI=1S/C13H20ClN3O/c1-17(7-3-2-4-8-18)12-9-11(14)15-13(16-12)10-5-6-10/h9-10,18H,2-8H2,1H3. The average molecular weight is 270 g/mol. The molecule has 1 aliphatic carbocycles. The van der Waals surface area contributed by atoms with Gasteiger partial charge in [-0.2, -0.15) is 0 Å². The van der Waals surface area contributed by atoms with Crippen LogP contribution in [0.4, 0.5) is 5.82 Å². The largest absolute Gasteiger partial charge is 0.396 e. The molecule has 1 heterocycles. The molecule has 2 rings (SSSR count). The van der Waals surface area contributed by atoms with Gasteiger partial charge in [-0.25, -0.2) is 9.97 Å². The SMILES string of the molecule is CN(CCCCCO)c1cc(Cl)nc(C2CC2)n1. The van der Waals surface area contributed by atoms with E-state index in [-0.39, 0.29) is 6.61 Å². The minimum Gasteiger partial charge on any atom is -0.396 e. The molecule has 0 atom stereocenters. The zero-order valence-electron chi connectivity index (χ0n) is 10.8. The van der Waals surface area contributed by atoms with Crippen LogP contribution in [0.25, 0.3) is 0 Å². The average Bonchev–Trinajstić information content (AvgIpc) is 3.18. The van der Waals surface area contributed by atoms with Crippen LogP contribution in [0.5, 0.6) is 0 Å². The summed E-state index contributed by atoms with van der Waals surface area (Å²) in [5.74, 6) is 2.31. The second-order valence-electron chi connectivity index (χ2n) is 4.89. The van der Waals surface area contributed by atoms with E-state index in [0.717, 1.165) is 37.4 Å². The van der Waals surface area contributed by atoms with Crippen LogP contribution in [-0.2, 0) is 0 Å². The maximum atomic E-state index is 8.74. The minimum absolute atomic E-state index is 0.273. The molecular weight excluding hydrogens is 250 g/mol. The fourth-order valence-electron chi connectivity index (χ4n) is 1.89. The van der Waals surface area contributed by atoms with E-state index in [1.54, 1.807) is 0 Å². The van der Waals surface area contributed by atoms with Crippen molar-refractivity contribution in [1.82, 2.24) is 9.97 Å². The smallest absolute Gasteiger partial charge is 0.135 e. The summed E-state index contributed by atoms with van der Waals surface area (Å²) in [4.78, 5) is 11.0. The zero-order chi connectivity index (χ0) is 13.0. The molecule has 100 valence electrons. The van der Waals surface area contributed by atoms with Gasteiger partial charge in [0.2, 0.25) is 0 Å². The number of unbranched alkanes of at least 4 members (excludes halogenated alkanes) is 2. The van der Waals surface area contributed by atoms with Gasteiger partial charge in [-0.3, -0.25) is 0 Å². The highest BCUT2D eigenvalue weighted by molar-refractivity contribution is 6.29. The van der Waals surface area contributed by atoms with Gasteiger partial charge in [0.05, 0.1) is 0 Å². The van der Waals surface area contributed by atoms with Crippen molar-refractivity contribution in [2.45, 2.75) is 38.0 Å². The van der Waals surface area contributed by atoms with Crippen molar-refractivity contribution in [3.05, 3.63) is 17.0 Å². The molecule has 4 nitrogen and oxygen atoms in total. The van der Waals surface area contributed by atoms with Crippen LogP contribution in [0.1, 0.15) is 43.8 Å². The molecule has 5 heteroatoms. The maximum absolute atomic E-state index is 8.74. The Labute approximate surface area is 113 Å². The summed E-state index contributed by atoms with van der Waals surface area (Å²) in [6.07, 6.45) is 5.32. The van der Waals surface area contributed by atoms with Crippen molar-refractivity contribution < 1.29 is 5.11 Å². The molecule has 1 N–H and O–H groups in total. The van der Waals surface area contributed by atoms with E-state index in [9.17, 15) is 0 Å². The van der Waals surface area contributed by atoms with E-state index >= 15 is 0 Å². The fourth-order valence-corrected chi connectivity index (χ4v) is 2.08. The van der Waals surface area contributed by atoms with E-state index in [0.29, 0.717) is 11.1 Å². The van der Waals surface area contributed by atoms with Crippen LogP contribution in [-0.4, -0.2) is 35.3 Å². The Morgan fingerprint density at radius 2 is 2.11 bits per heavy atom. The van der Waals surface area contributed by atoms with Gasteiger partial charge in [-0.1, -0.05) is 11.6 Å². The van der Waals surface area contributed by atoms with Crippen molar-refractivity contribution in [1.29, 1.82) is 0 Å². The predicted octanol–water partition coefficient (Wildman–Crippen LogP) is 2.61. The summed E-state index contributed by atoms with van der Waals surface area (Å²) in [5, 5.41) is 9.27. The molecule has 1 aliphatic rings. The highest BCUT2D eigenvalue weighted by Crippen LogP contribution is 2.39. The van der Waals surface area contributed by atoms with E-state index < -0.39 is 0 Å². The van der Waals surface area contributed by atoms with Crippen molar-refractivity contribution in [2.24, 2.45) is 0 Å². The Morgan fingerprint density at radius 1 is 1.33 bits per heavy atom. The second-order valence-corrected chi connectivity index (χ2v) is 5.27. The molecule has 1 aromatic heterocycles. The first-order valence-corrected chi connectivity index (χ1v) is 6.95. The normalized spacial score (nSPS) is 14.8. The van der Waals surface area contributed by atoms with Gasteiger partial charge in [0, 0.05) is 32.2 Å². The van der Waals surface area contributed by atoms with Crippen LogP contribution >= 0.6 is 11.6 Å². The molecular formula is C13H20ClN3O. The Morgan fingerprint density at radius 3 is 2.78 bits per heavy atom. The van der Waals surface area contributed by atoms with Crippen LogP contribution in [0.15, 0.2) is 6.07 Å². The number of aliphatic hydroxyl groups excluding tert-OH is 1. The Balaban J connectivity index is 1.94. The Hall–Kier alpha value is -0.870. The molecule has 0 aromatic carbocycles. The van der Waals surface area contributed by atoms with Crippen LogP contribution in [0.2, 0.25) is 5.15 Å². The summed E-state index contributed by atoms with van der Waals surface area (Å²) in [7, 11) is 2.02. The Bertz CT molecular complexity index is 396. The number of halogens is 1. The van der Waals surface area contributed by atoms with Gasteiger partial charge in [0.1, 0.15) is 16.8 Å². The third kappa shape index (κ3) is 3.82. The van der Waals surface area contributed by atoms with Gasteiger partial charge in [0.15, 0.2) is 0 Å². The lowest BCUT2D eigenvalue weighted by Gasteiger charge is -2.18. The topological polar surface area (TPSA) is 49.2 Å². The lowest BCUT2D eigenvalue weighted by atomic mass is 10.2. The summed E-state index contributed by atoms with van der Waals surface area (Å²) in [6.45, 7) is 1.20. The summed E-state index contributed by atoms with van der Waals surface area (Å²) in [5.41, 5.74) is 0. The third-order valence-electron chi connectivity index (χ3n) is 3.18. The number of hydrogen-bond acceptors (Lipinski definition) is 4. The number of aliphatic hydroxyl groups is 1. The van der Waals surface area contributed by atoms with Gasteiger partial charge in [-0.15, -0.1) is 0 Å². The predicted molar refractivity (Wildman–Crippen MR) is 73.2 cm³/mol. The van der Waals surface area contributed by atoms with Crippen molar-refractivity contribution in [3.63, 3.8) is 0 Å². The second kappa shape index (κ2) is 6.34. The first-order chi connectivity index (χ1) is 8.70. The molecule has 0 unspecified atom stereocenters. The van der Waals surface area contributed by atoms with Gasteiger partial charge in [0.25, 0.3) is 0 Å². The monoisotopic (exact) mass is 269 g/mol. The van der Waals surface area contributed by atoms with Gasteiger partial charge >= 0.3 is 0 Å². The molecule has 1 aromatic rings. The van der Waals surface area contributed by atoms with Crippen LogP contribution < -0.4 is 4.90 Å². The number of aromatic nitrogens is 2. The van der Waals surface area contributed by atoms with Crippen molar-refractivity contribution in [2.75, 3.05) is 25.1 Å². The van der Waals surface area contributed by atoms with E-state index in [1.165, 1.54) is 12.8 Å². The highest BCUT2D eigenvalue weighted by atomic mass is 35.5. The molecule has 0 spiro atoms. The molecule has 0 bridgehead atoms. The lowest BCUT2D eigenvalue weighted by molar-refractivity contribution is 0.283. The summed E-state index contributed by atoms with van der Waals surface area (Å²) in [6, 6.07) is 1.82. The number of hydrogen-bond donors (Lipinski definition) is 1. The Kier molecular flexibility index (Phi) is 4.78. The minimum atomic E-state index is 0.273. The summed E-state index contributed by atoms with van der Waals surface area (Å²) < 4.78 is 0. The first-order valence-electron chi connectivity index (χ1n) is 6.57. The van der Waals surface area contributed by atoms with Crippen molar-refractivity contribution in [3.8, 4) is 0 Å². The molecule has 1 fully saturated rings. The highest BCUT2D eigenvalue weighted by Gasteiger charge is 2.27. The van der Waals surface area contributed by atoms with Gasteiger partial charge < -0.3 is 10.0 Å². The molecule has 1 saturated carbocycles. The van der Waals surface area contributed by atoms with Crippen LogP contribution in [0, 0.1) is 0 Å². The van der Waals surface area contributed by atoms with Gasteiger partial charge in [-0.05, 0) is 32.1 Å². The molecule has 0 amide bonds. The van der Waals surface area contributed by atoms with E-state index in [4.69, 9.17) is 16.7 Å². The lowest BCUT2D eigenvalue weighted by Crippen LogP contribution is -2.20. The van der Waals surface area contributed by atoms with E-state index in [1.807, 2.05) is 13.1 Å². The number of anilines is 1. The number of rotatable bonds is 7. The first kappa shape index (κ1) is 13.6. The maximum Gasteiger partial charge on any atom is 0.135 e. The molecule has 0 radical (unpaired) electrons. The quantitative estimate of drug-likeness (QED) is 0.611. The molecule has 18 heavy (non-hydrogen) atoms. The fraction of sp³-hybridized carbons (Fsp3) is 0.692. The third-order valence-corrected chi connectivity index (χ3v) is 3.38. The van der Waals surface area contributed by atoms with Crippen molar-refractivity contribution >= 4 is 17.4 Å². The number of nitrogens with zero attached hydrogens (tertiary/aromatic N) is 3. The molecule has 0 saturated heterocycles.